The Morgan fingerprint density at radius 1 is 0.478 bits per heavy atom. The van der Waals surface area contributed by atoms with Gasteiger partial charge in [0, 0.05) is 70.2 Å². The predicted octanol–water partition coefficient (Wildman–Crippen LogP) is 17.1. The summed E-state index contributed by atoms with van der Waals surface area (Å²) in [5.41, 5.74) is 15.1. The van der Waals surface area contributed by atoms with Crippen LogP contribution in [-0.2, 0) is 6.42 Å². The fraction of sp³-hybridized carbons (Fsp3) is 0.0968. The summed E-state index contributed by atoms with van der Waals surface area (Å²) in [4.78, 5) is 11.7. The Kier molecular flexibility index (Phi) is 8.65. The molecule has 2 unspecified atom stereocenters. The minimum Gasteiger partial charge on any atom is -0.456 e. The number of amidine groups is 1. The van der Waals surface area contributed by atoms with E-state index in [9.17, 15) is 0 Å². The largest absolute Gasteiger partial charge is 0.456 e. The number of hydrogen-bond acceptors (Lipinski definition) is 5. The first-order valence-corrected chi connectivity index (χ1v) is 24.2. The Hall–Kier alpha value is -7.86. The van der Waals surface area contributed by atoms with Crippen LogP contribution in [0.1, 0.15) is 59.1 Å². The molecule has 0 saturated carbocycles. The van der Waals surface area contributed by atoms with Crippen LogP contribution in [0.3, 0.4) is 0 Å². The van der Waals surface area contributed by atoms with Gasteiger partial charge in [-0.2, -0.15) is 0 Å². The van der Waals surface area contributed by atoms with Crippen molar-refractivity contribution in [3.63, 3.8) is 0 Å². The number of rotatable bonds is 4. The van der Waals surface area contributed by atoms with Crippen molar-refractivity contribution >= 4 is 103 Å². The lowest BCUT2D eigenvalue weighted by molar-refractivity contribution is 0.665. The highest BCUT2D eigenvalue weighted by molar-refractivity contribution is 7.25. The summed E-state index contributed by atoms with van der Waals surface area (Å²) in [6, 6.07) is 65.8. The van der Waals surface area contributed by atoms with Crippen LogP contribution in [0.25, 0.3) is 91.6 Å². The molecular weight excluding hydrogens is 837 g/mol. The van der Waals surface area contributed by atoms with Gasteiger partial charge in [-0.05, 0) is 106 Å². The molecule has 2 atom stereocenters. The third-order valence-electron chi connectivity index (χ3n) is 14.4. The number of aryl methyl sites for hydroxylation is 1. The topological polar surface area (TPSA) is 51.0 Å². The van der Waals surface area contributed by atoms with Crippen molar-refractivity contribution in [2.45, 2.75) is 32.1 Å². The zero-order valence-electron chi connectivity index (χ0n) is 36.8. The van der Waals surface area contributed by atoms with Crippen molar-refractivity contribution in [1.82, 2.24) is 0 Å². The normalized spacial score (nSPS) is 18.9. The van der Waals surface area contributed by atoms with Crippen molar-refractivity contribution in [2.24, 2.45) is 15.9 Å². The zero-order chi connectivity index (χ0) is 44.2. The van der Waals surface area contributed by atoms with Gasteiger partial charge in [-0.25, -0.2) is 9.98 Å². The molecule has 0 saturated heterocycles. The van der Waals surface area contributed by atoms with Crippen molar-refractivity contribution in [3.05, 3.63) is 221 Å². The van der Waals surface area contributed by atoms with Crippen molar-refractivity contribution < 1.29 is 8.83 Å². The summed E-state index contributed by atoms with van der Waals surface area (Å²) in [6.45, 7) is 2.33. The summed E-state index contributed by atoms with van der Waals surface area (Å²) in [5, 5.41) is 9.31. The van der Waals surface area contributed by atoms with Crippen molar-refractivity contribution in [3.8, 4) is 11.1 Å². The molecule has 318 valence electrons. The maximum atomic E-state index is 6.73. The summed E-state index contributed by atoms with van der Waals surface area (Å²) in [7, 11) is 0. The van der Waals surface area contributed by atoms with Crippen LogP contribution in [0.15, 0.2) is 207 Å². The van der Waals surface area contributed by atoms with Gasteiger partial charge in [0.1, 0.15) is 22.3 Å². The molecule has 12 aromatic rings. The van der Waals surface area contributed by atoms with Crippen LogP contribution in [0.2, 0.25) is 0 Å². The zero-order valence-corrected chi connectivity index (χ0v) is 37.6. The monoisotopic (exact) mass is 878 g/mol. The van der Waals surface area contributed by atoms with Crippen LogP contribution in [-0.4, -0.2) is 11.5 Å². The number of hydrogen-bond donors (Lipinski definition) is 0. The van der Waals surface area contributed by atoms with Crippen LogP contribution in [0.5, 0.6) is 0 Å². The molecule has 0 amide bonds. The molecule has 5 heteroatoms. The summed E-state index contributed by atoms with van der Waals surface area (Å²) in [5.74, 6) is 0.797. The van der Waals surface area contributed by atoms with E-state index >= 15 is 0 Å². The second-order valence-corrected chi connectivity index (χ2v) is 19.4. The van der Waals surface area contributed by atoms with Gasteiger partial charge in [-0.3, -0.25) is 0 Å². The number of para-hydroxylation sites is 2. The Bertz CT molecular complexity index is 4120. The van der Waals surface area contributed by atoms with Crippen LogP contribution >= 0.6 is 11.3 Å². The molecule has 3 aromatic heterocycles. The Balaban J connectivity index is 1.04. The third kappa shape index (κ3) is 6.11. The molecule has 2 aliphatic rings. The van der Waals surface area contributed by atoms with E-state index in [4.69, 9.17) is 18.8 Å². The van der Waals surface area contributed by atoms with Crippen molar-refractivity contribution in [2.75, 3.05) is 0 Å². The first-order chi connectivity index (χ1) is 33.1. The first-order valence-electron chi connectivity index (χ1n) is 23.4. The van der Waals surface area contributed by atoms with E-state index < -0.39 is 0 Å². The number of aliphatic imine (C=N–C) groups is 2. The average molecular weight is 879 g/mol. The highest BCUT2D eigenvalue weighted by atomic mass is 32.1. The van der Waals surface area contributed by atoms with Gasteiger partial charge in [0.15, 0.2) is 5.84 Å². The Morgan fingerprint density at radius 2 is 1.15 bits per heavy atom. The van der Waals surface area contributed by atoms with E-state index in [0.717, 1.165) is 91.2 Å². The second kappa shape index (κ2) is 15.1. The maximum Gasteiger partial charge on any atom is 0.160 e. The Labute approximate surface area is 390 Å². The molecule has 0 bridgehead atoms. The predicted molar refractivity (Wildman–Crippen MR) is 281 cm³/mol. The van der Waals surface area contributed by atoms with Crippen LogP contribution < -0.4 is 0 Å². The molecule has 1 aliphatic heterocycles. The van der Waals surface area contributed by atoms with Crippen LogP contribution in [0.4, 0.5) is 0 Å². The molecule has 4 heterocycles. The minimum absolute atomic E-state index is 0.0616. The molecule has 0 radical (unpaired) electrons. The van der Waals surface area contributed by atoms with E-state index in [1.54, 1.807) is 0 Å². The van der Waals surface area contributed by atoms with Gasteiger partial charge in [0.2, 0.25) is 0 Å². The highest BCUT2D eigenvalue weighted by Crippen LogP contribution is 2.47. The lowest BCUT2D eigenvalue weighted by Gasteiger charge is -2.24. The fourth-order valence-electron chi connectivity index (χ4n) is 11.2. The molecule has 14 rings (SSSR count). The number of allylic oxidation sites excluding steroid dienone is 1. The summed E-state index contributed by atoms with van der Waals surface area (Å²) >= 11 is 1.84. The van der Waals surface area contributed by atoms with Gasteiger partial charge in [-0.15, -0.1) is 11.3 Å². The fourth-order valence-corrected chi connectivity index (χ4v) is 12.4. The Morgan fingerprint density at radius 3 is 2.04 bits per heavy atom. The van der Waals surface area contributed by atoms with E-state index in [-0.39, 0.29) is 11.8 Å². The van der Waals surface area contributed by atoms with Gasteiger partial charge < -0.3 is 8.83 Å². The first kappa shape index (κ1) is 38.4. The quantitative estimate of drug-likeness (QED) is 0.177. The number of furan rings is 2. The molecule has 1 aliphatic carbocycles. The van der Waals surface area contributed by atoms with Crippen molar-refractivity contribution in [1.29, 1.82) is 0 Å². The van der Waals surface area contributed by atoms with E-state index in [1.165, 1.54) is 58.8 Å². The molecule has 9 aromatic carbocycles. The van der Waals surface area contributed by atoms with Gasteiger partial charge in [0.25, 0.3) is 0 Å². The van der Waals surface area contributed by atoms with Crippen LogP contribution in [0, 0.1) is 5.92 Å². The maximum absolute atomic E-state index is 6.73. The average Bonchev–Trinajstić information content (AvgIpc) is 4.03. The van der Waals surface area contributed by atoms with E-state index in [2.05, 4.69) is 183 Å². The standard InChI is InChI=1S/C62H42N2O2S/c1-36-28-31-52(63-62(47-22-12-25-55-59(47)44-19-7-10-24-54(44)65-55)64-61(36)46-21-13-27-58-60(46)45-20-8-11-26-57(45)67-58)50-34-51-43-18-6-9-23-53(43)66-56(51)35-49(50)42-30-29-39-32-37-14-2-3-15-38(37)33-48(39)41-17-5-4-16-40(41)42/h2-27,31-36,42H,28-30H2,1H3/b52-31+,63-62-,64-61+. The third-order valence-corrected chi connectivity index (χ3v) is 15.5. The molecule has 0 fully saturated rings. The number of nitrogens with zero attached hydrogens (tertiary/aromatic N) is 2. The molecule has 4 nitrogen and oxygen atoms in total. The van der Waals surface area contributed by atoms with Gasteiger partial charge in [-0.1, -0.05) is 146 Å². The SMILES string of the molecule is CC1C/C=C(c2cc3c(cc2C2CCc4cc5ccccc5cc4-c4ccccc42)oc2ccccc23)/N=C(c2cccc3oc4ccccc4c23)\N=C/1c1cccc2sc3ccccc3c12. The van der Waals surface area contributed by atoms with Gasteiger partial charge >= 0.3 is 0 Å². The van der Waals surface area contributed by atoms with Gasteiger partial charge in [0.05, 0.1) is 11.4 Å². The number of fused-ring (bicyclic) bond motifs is 13. The summed E-state index contributed by atoms with van der Waals surface area (Å²) < 4.78 is 15.8. The highest BCUT2D eigenvalue weighted by Gasteiger charge is 2.30. The minimum atomic E-state index is 0.0616. The second-order valence-electron chi connectivity index (χ2n) is 18.3. The molecular formula is C62H42N2O2S. The lowest BCUT2D eigenvalue weighted by Crippen LogP contribution is -2.17. The molecule has 67 heavy (non-hydrogen) atoms. The summed E-state index contributed by atoms with van der Waals surface area (Å²) in [6.07, 6.45) is 5.01. The number of thiophene rings is 1. The smallest absolute Gasteiger partial charge is 0.160 e. The lowest BCUT2D eigenvalue weighted by atomic mass is 9.82. The molecule has 0 spiro atoms. The molecule has 0 N–H and O–H groups in total. The van der Waals surface area contributed by atoms with E-state index in [1.807, 2.05) is 23.5 Å². The van der Waals surface area contributed by atoms with E-state index in [0.29, 0.717) is 5.84 Å². The number of benzene rings is 9.